The molecule has 0 heterocycles. The predicted octanol–water partition coefficient (Wildman–Crippen LogP) is 8.53. The standard InChI is InChI=1S/C24H46BBrO2Si2/c1-7-17-29(18-8-2,19-9-3)27-25(23-13-15-24(26)16-14-23)28-30(20-10-4,21-11-5)22-12-6/h13-16H,7-12,17-22H2,1-6H3. The van der Waals surface area contributed by atoms with Crippen molar-refractivity contribution in [2.45, 2.75) is 116 Å². The highest BCUT2D eigenvalue weighted by Gasteiger charge is 2.43. The minimum atomic E-state index is -1.84. The first kappa shape index (κ1) is 28.2. The van der Waals surface area contributed by atoms with Crippen molar-refractivity contribution in [3.05, 3.63) is 28.7 Å². The molecule has 1 aromatic carbocycles. The Bertz CT molecular complexity index is 509. The molecule has 0 unspecified atom stereocenters. The van der Waals surface area contributed by atoms with Gasteiger partial charge in [0, 0.05) is 4.47 Å². The second-order valence-corrected chi connectivity index (χ2v) is 18.1. The topological polar surface area (TPSA) is 18.5 Å². The molecule has 0 aliphatic rings. The average molecular weight is 514 g/mol. The van der Waals surface area contributed by atoms with Crippen molar-refractivity contribution in [1.82, 2.24) is 0 Å². The summed E-state index contributed by atoms with van der Waals surface area (Å²) >= 11 is 3.60. The first-order chi connectivity index (χ1) is 14.4. The van der Waals surface area contributed by atoms with E-state index in [-0.39, 0.29) is 7.12 Å². The fraction of sp³-hybridized carbons (Fsp3) is 0.750. The molecule has 0 atom stereocenters. The smallest absolute Gasteiger partial charge is 0.449 e. The quantitative estimate of drug-likeness (QED) is 0.194. The van der Waals surface area contributed by atoms with Crippen LogP contribution in [0.15, 0.2) is 28.7 Å². The summed E-state index contributed by atoms with van der Waals surface area (Å²) in [5.74, 6) is 0. The summed E-state index contributed by atoms with van der Waals surface area (Å²) in [5, 5.41) is 0. The zero-order valence-corrected chi connectivity index (χ0v) is 24.2. The maximum absolute atomic E-state index is 7.22. The number of halogens is 1. The van der Waals surface area contributed by atoms with E-state index in [1.807, 2.05) is 0 Å². The van der Waals surface area contributed by atoms with Crippen molar-refractivity contribution in [3.8, 4) is 0 Å². The van der Waals surface area contributed by atoms with Crippen LogP contribution in [0.25, 0.3) is 0 Å². The van der Waals surface area contributed by atoms with Crippen LogP contribution in [0.1, 0.15) is 80.1 Å². The van der Waals surface area contributed by atoms with Crippen LogP contribution in [0.2, 0.25) is 36.3 Å². The van der Waals surface area contributed by atoms with E-state index in [0.717, 1.165) is 4.47 Å². The Hall–Kier alpha value is 0.119. The van der Waals surface area contributed by atoms with Crippen LogP contribution in [-0.4, -0.2) is 23.8 Å². The zero-order valence-electron chi connectivity index (χ0n) is 20.6. The molecule has 0 N–H and O–H groups in total. The number of hydrogen-bond donors (Lipinski definition) is 0. The maximum Gasteiger partial charge on any atom is 0.472 e. The number of hydrogen-bond acceptors (Lipinski definition) is 2. The van der Waals surface area contributed by atoms with E-state index in [2.05, 4.69) is 81.7 Å². The van der Waals surface area contributed by atoms with Crippen molar-refractivity contribution >= 4 is 45.1 Å². The Morgan fingerprint density at radius 2 is 0.900 bits per heavy atom. The fourth-order valence-electron chi connectivity index (χ4n) is 5.07. The van der Waals surface area contributed by atoms with Gasteiger partial charge in [0.1, 0.15) is 0 Å². The van der Waals surface area contributed by atoms with Crippen molar-refractivity contribution in [2.24, 2.45) is 0 Å². The Morgan fingerprint density at radius 3 is 1.17 bits per heavy atom. The summed E-state index contributed by atoms with van der Waals surface area (Å²) in [4.78, 5) is 0. The van der Waals surface area contributed by atoms with Gasteiger partial charge >= 0.3 is 7.12 Å². The third-order valence-corrected chi connectivity index (χ3v) is 16.5. The van der Waals surface area contributed by atoms with Gasteiger partial charge in [0.2, 0.25) is 0 Å². The number of rotatable bonds is 17. The molecule has 6 heteroatoms. The molecule has 1 rings (SSSR count). The fourth-order valence-corrected chi connectivity index (χ4v) is 14.4. The van der Waals surface area contributed by atoms with E-state index < -0.39 is 16.6 Å². The Kier molecular flexibility index (Phi) is 14.1. The highest BCUT2D eigenvalue weighted by Crippen LogP contribution is 2.32. The summed E-state index contributed by atoms with van der Waals surface area (Å²) in [6, 6.07) is 16.2. The molecular weight excluding hydrogens is 467 g/mol. The van der Waals surface area contributed by atoms with Gasteiger partial charge in [-0.15, -0.1) is 0 Å². The van der Waals surface area contributed by atoms with E-state index in [0.29, 0.717) is 0 Å². The average Bonchev–Trinajstić information content (AvgIpc) is 2.69. The van der Waals surface area contributed by atoms with Crippen LogP contribution >= 0.6 is 15.9 Å². The van der Waals surface area contributed by atoms with Crippen molar-refractivity contribution in [1.29, 1.82) is 0 Å². The molecular formula is C24H46BBrO2Si2. The lowest BCUT2D eigenvalue weighted by molar-refractivity contribution is 0.407. The van der Waals surface area contributed by atoms with Crippen LogP contribution in [-0.2, 0) is 8.69 Å². The lowest BCUT2D eigenvalue weighted by Gasteiger charge is -2.39. The Balaban J connectivity index is 3.36. The van der Waals surface area contributed by atoms with Gasteiger partial charge in [0.25, 0.3) is 0 Å². The summed E-state index contributed by atoms with van der Waals surface area (Å²) in [6.07, 6.45) is 7.25. The van der Waals surface area contributed by atoms with Gasteiger partial charge in [0.05, 0.1) is 0 Å². The normalized spacial score (nSPS) is 12.4. The second-order valence-electron chi connectivity index (χ2n) is 8.99. The number of benzene rings is 1. The highest BCUT2D eigenvalue weighted by atomic mass is 79.9. The third-order valence-electron chi connectivity index (χ3n) is 6.09. The van der Waals surface area contributed by atoms with Crippen molar-refractivity contribution < 1.29 is 8.69 Å². The lowest BCUT2D eigenvalue weighted by Crippen LogP contribution is -2.55. The SMILES string of the molecule is CCC[Si](CCC)(CCC)OB(O[Si](CCC)(CCC)CCC)c1ccc(Br)cc1. The monoisotopic (exact) mass is 512 g/mol. The van der Waals surface area contributed by atoms with Gasteiger partial charge in [-0.1, -0.05) is 108 Å². The second kappa shape index (κ2) is 15.0. The van der Waals surface area contributed by atoms with E-state index in [1.165, 1.54) is 80.3 Å². The first-order valence-electron chi connectivity index (χ1n) is 12.5. The molecule has 0 fully saturated rings. The van der Waals surface area contributed by atoms with Crippen molar-refractivity contribution in [3.63, 3.8) is 0 Å². The minimum Gasteiger partial charge on any atom is -0.449 e. The van der Waals surface area contributed by atoms with E-state index in [9.17, 15) is 0 Å². The molecule has 2 nitrogen and oxygen atoms in total. The Morgan fingerprint density at radius 1 is 0.600 bits per heavy atom. The molecule has 0 aliphatic carbocycles. The van der Waals surface area contributed by atoms with Crippen molar-refractivity contribution in [2.75, 3.05) is 0 Å². The van der Waals surface area contributed by atoms with Gasteiger partial charge in [-0.2, -0.15) is 0 Å². The van der Waals surface area contributed by atoms with E-state index in [1.54, 1.807) is 0 Å². The molecule has 0 spiro atoms. The van der Waals surface area contributed by atoms with Crippen LogP contribution in [0.3, 0.4) is 0 Å². The first-order valence-corrected chi connectivity index (χ1v) is 18.4. The molecule has 0 saturated carbocycles. The summed E-state index contributed by atoms with van der Waals surface area (Å²) in [5.41, 5.74) is 1.21. The molecule has 0 amide bonds. The molecule has 0 bridgehead atoms. The molecule has 30 heavy (non-hydrogen) atoms. The van der Waals surface area contributed by atoms with Gasteiger partial charge in [-0.3, -0.25) is 0 Å². The van der Waals surface area contributed by atoms with E-state index in [4.69, 9.17) is 8.69 Å². The predicted molar refractivity (Wildman–Crippen MR) is 144 cm³/mol. The molecule has 172 valence electrons. The van der Waals surface area contributed by atoms with Gasteiger partial charge in [0.15, 0.2) is 16.6 Å². The molecule has 0 radical (unpaired) electrons. The highest BCUT2D eigenvalue weighted by molar-refractivity contribution is 9.10. The summed E-state index contributed by atoms with van der Waals surface area (Å²) in [6.45, 7) is 13.9. The molecule has 1 aromatic rings. The van der Waals surface area contributed by atoms with Crippen LogP contribution < -0.4 is 5.46 Å². The van der Waals surface area contributed by atoms with Crippen LogP contribution in [0.5, 0.6) is 0 Å². The maximum atomic E-state index is 7.22. The third kappa shape index (κ3) is 8.93. The van der Waals surface area contributed by atoms with Gasteiger partial charge in [-0.05, 0) is 53.9 Å². The van der Waals surface area contributed by atoms with Crippen LogP contribution in [0.4, 0.5) is 0 Å². The summed E-state index contributed by atoms with van der Waals surface area (Å²) < 4.78 is 15.5. The molecule has 0 aromatic heterocycles. The Labute approximate surface area is 198 Å². The minimum absolute atomic E-state index is 0.189. The molecule has 0 saturated heterocycles. The van der Waals surface area contributed by atoms with E-state index >= 15 is 0 Å². The van der Waals surface area contributed by atoms with Gasteiger partial charge < -0.3 is 8.69 Å². The zero-order chi connectivity index (χ0) is 22.5. The largest absolute Gasteiger partial charge is 0.472 e. The van der Waals surface area contributed by atoms with Crippen LogP contribution in [0, 0.1) is 0 Å². The lowest BCUT2D eigenvalue weighted by atomic mass is 9.80. The van der Waals surface area contributed by atoms with Gasteiger partial charge in [-0.25, -0.2) is 0 Å². The molecule has 0 aliphatic heterocycles. The summed E-state index contributed by atoms with van der Waals surface area (Å²) in [7, 11) is -3.87.